The Morgan fingerprint density at radius 1 is 0.336 bits per heavy atom. The molecule has 5 aromatic heterocycles. The van der Waals surface area contributed by atoms with Crippen molar-refractivity contribution < 1.29 is 76.3 Å². The number of carbonyl (C=O) groups is 8. The largest absolute Gasteiger partial charge is 0.491 e. The van der Waals surface area contributed by atoms with Gasteiger partial charge in [-0.25, -0.2) is 19.4 Å². The zero-order chi connectivity index (χ0) is 95.6. The molecule has 8 heterocycles. The fourth-order valence-electron chi connectivity index (χ4n) is 19.5. The van der Waals surface area contributed by atoms with E-state index in [9.17, 15) is 4.79 Å². The van der Waals surface area contributed by atoms with Crippen LogP contribution in [0.25, 0.3) is 103 Å². The van der Waals surface area contributed by atoms with Crippen LogP contribution in [0.2, 0.25) is 0 Å². The van der Waals surface area contributed by atoms with Gasteiger partial charge in [0.2, 0.25) is 0 Å². The number of nitrogens with zero attached hydrogens (tertiary/aromatic N) is 3. The number of methoxy groups -OCH3 is 1. The number of amides is 6. The Morgan fingerprint density at radius 3 is 1.02 bits per heavy atom. The second kappa shape index (κ2) is 39.1. The van der Waals surface area contributed by atoms with E-state index in [0.717, 1.165) is 164 Å². The van der Waals surface area contributed by atoms with E-state index in [1.165, 1.54) is 80.6 Å². The fraction of sp³-hybridized carbons (Fsp3) is 0.327. The van der Waals surface area contributed by atoms with Gasteiger partial charge in [-0.15, -0.1) is 56.7 Å². The first-order valence-corrected chi connectivity index (χ1v) is 52.2. The van der Waals surface area contributed by atoms with E-state index in [2.05, 4.69) is 67.5 Å². The number of benzene rings is 11. The second-order valence-electron chi connectivity index (χ2n) is 36.7. The van der Waals surface area contributed by atoms with Gasteiger partial charge in [-0.2, -0.15) is 0 Å². The highest BCUT2D eigenvalue weighted by Crippen LogP contribution is 2.60. The SMILES string of the molecule is CCCCC(CC)COc1c2cc(-c3sc(-c4cc5c(OCC(CC)CCCC)c6sc(C(=O)Oc7ccc(N8C(=O)c9ccc%10c%11c(Oc%12ccc(C)cc%12)cc%12c%13c(ccc(c%14c(Oc%15ccc(C)cc%15)cc(c9c%10%14)C8=O)c%13%11)C(=O)N(c8ccc(C)cc8)C%12=O)cc7)cc6c(OCC(CC)CCCC)c5s4)c4c3C(=O)N(C)C4=O)sc2c(OCC(CC)CCCC)c2cc(C(=O)OC)sc12. The number of aryl methyl sites for hydroxylation is 3. The number of hydrogen-bond acceptors (Lipinski definition) is 21. The molecule has 0 N–H and O–H groups in total. The van der Waals surface area contributed by atoms with Crippen LogP contribution in [0.15, 0.2) is 158 Å². The molecule has 11 aromatic carbocycles. The first-order valence-electron chi connectivity index (χ1n) is 48.1. The summed E-state index contributed by atoms with van der Waals surface area (Å²) in [6.07, 6.45) is 15.7. The Bertz CT molecular complexity index is 7350. The van der Waals surface area contributed by atoms with Crippen LogP contribution in [0.4, 0.5) is 11.4 Å². The smallest absolute Gasteiger partial charge is 0.353 e. The van der Waals surface area contributed by atoms with Crippen LogP contribution >= 0.6 is 56.7 Å². The van der Waals surface area contributed by atoms with E-state index in [1.54, 1.807) is 60.7 Å². The lowest BCUT2D eigenvalue weighted by atomic mass is 9.81. The maximum Gasteiger partial charge on any atom is 0.353 e. The highest BCUT2D eigenvalue weighted by molar-refractivity contribution is 7.31. The molecule has 0 saturated heterocycles. The number of imide groups is 3. The predicted molar refractivity (Wildman–Crippen MR) is 555 cm³/mol. The number of unbranched alkanes of at least 4 members (excludes halogenated alkanes) is 4. The predicted octanol–water partition coefficient (Wildman–Crippen LogP) is 30.7. The van der Waals surface area contributed by atoms with Crippen molar-refractivity contribution in [3.05, 3.63) is 218 Å². The molecule has 19 nitrogen and oxygen atoms in total. The lowest BCUT2D eigenvalue weighted by Crippen LogP contribution is -2.40. The quantitative estimate of drug-likeness (QED) is 0.0115. The van der Waals surface area contributed by atoms with Crippen molar-refractivity contribution in [2.24, 2.45) is 23.7 Å². The maximum absolute atomic E-state index is 15.9. The highest BCUT2D eigenvalue weighted by atomic mass is 32.1. The van der Waals surface area contributed by atoms with Crippen LogP contribution in [0.1, 0.15) is 256 Å². The number of esters is 2. The zero-order valence-corrected chi connectivity index (χ0v) is 83.5. The lowest BCUT2D eigenvalue weighted by molar-refractivity contribution is 0.0603. The topological polar surface area (TPSA) is 220 Å². The fourth-order valence-corrected chi connectivity index (χ4v) is 25.5. The molecule has 0 aliphatic carbocycles. The molecule has 0 spiro atoms. The van der Waals surface area contributed by atoms with Gasteiger partial charge >= 0.3 is 11.9 Å². The molecule has 702 valence electrons. The maximum atomic E-state index is 15.9. The summed E-state index contributed by atoms with van der Waals surface area (Å²) in [5.41, 5.74) is 5.14. The summed E-state index contributed by atoms with van der Waals surface area (Å²) in [5.74, 6) is 0.718. The van der Waals surface area contributed by atoms with Gasteiger partial charge in [0, 0.05) is 81.8 Å². The summed E-state index contributed by atoms with van der Waals surface area (Å²) in [7, 11) is 2.93. The number of ether oxygens (including phenoxy) is 8. The van der Waals surface area contributed by atoms with E-state index in [0.29, 0.717) is 157 Å². The van der Waals surface area contributed by atoms with Gasteiger partial charge in [0.15, 0.2) is 0 Å². The van der Waals surface area contributed by atoms with E-state index >= 15 is 33.6 Å². The molecular weight excluding hydrogens is 1820 g/mol. The summed E-state index contributed by atoms with van der Waals surface area (Å²) in [5, 5.41) is 7.07. The summed E-state index contributed by atoms with van der Waals surface area (Å²) < 4.78 is 57.4. The van der Waals surface area contributed by atoms with E-state index in [1.807, 2.05) is 106 Å². The number of hydrogen-bond donors (Lipinski definition) is 0. The summed E-state index contributed by atoms with van der Waals surface area (Å²) >= 11 is 6.91. The van der Waals surface area contributed by atoms with Gasteiger partial charge in [0.05, 0.1) is 95.7 Å². The van der Waals surface area contributed by atoms with Crippen molar-refractivity contribution in [1.29, 1.82) is 0 Å². The Morgan fingerprint density at radius 2 is 0.664 bits per heavy atom. The third-order valence-electron chi connectivity index (χ3n) is 27.6. The van der Waals surface area contributed by atoms with Crippen molar-refractivity contribution >= 4 is 199 Å². The van der Waals surface area contributed by atoms with Gasteiger partial charge in [-0.1, -0.05) is 198 Å². The van der Waals surface area contributed by atoms with Crippen LogP contribution in [0, 0.1) is 44.4 Å². The molecular formula is C113H109N3O16S5. The molecule has 0 radical (unpaired) electrons. The van der Waals surface area contributed by atoms with E-state index in [4.69, 9.17) is 37.9 Å². The Labute approximate surface area is 815 Å². The Balaban J connectivity index is 0.705. The van der Waals surface area contributed by atoms with Crippen molar-refractivity contribution in [3.63, 3.8) is 0 Å². The van der Waals surface area contributed by atoms with Crippen molar-refractivity contribution in [2.75, 3.05) is 50.4 Å². The molecule has 19 rings (SSSR count). The van der Waals surface area contributed by atoms with Gasteiger partial charge in [0.1, 0.15) is 61.5 Å². The molecule has 3 aliphatic rings. The minimum absolute atomic E-state index is 0.135. The van der Waals surface area contributed by atoms with Gasteiger partial charge in [-0.05, 0) is 190 Å². The summed E-state index contributed by atoms with van der Waals surface area (Å²) in [6.45, 7) is 25.0. The van der Waals surface area contributed by atoms with Gasteiger partial charge in [-0.3, -0.25) is 33.7 Å². The van der Waals surface area contributed by atoms with Crippen LogP contribution in [-0.4, -0.2) is 92.9 Å². The first-order chi connectivity index (χ1) is 66.5. The number of fused-ring (bicyclic) bond motifs is 7. The average molecular weight is 1930 g/mol. The molecule has 4 unspecified atom stereocenters. The number of anilines is 2. The first kappa shape index (κ1) is 93.4. The number of carbonyl (C=O) groups excluding carboxylic acids is 8. The average Bonchev–Trinajstić information content (AvgIpc) is 1.58. The van der Waals surface area contributed by atoms with Gasteiger partial charge in [0.25, 0.3) is 35.4 Å². The molecule has 0 bridgehead atoms. The van der Waals surface area contributed by atoms with E-state index in [-0.39, 0.29) is 62.4 Å². The van der Waals surface area contributed by atoms with Crippen molar-refractivity contribution in [1.82, 2.24) is 4.90 Å². The third-order valence-corrected chi connectivity index (χ3v) is 33.6. The van der Waals surface area contributed by atoms with Crippen molar-refractivity contribution in [3.8, 4) is 71.3 Å². The molecule has 16 aromatic rings. The molecule has 137 heavy (non-hydrogen) atoms. The van der Waals surface area contributed by atoms with Crippen LogP contribution < -0.4 is 43.0 Å². The van der Waals surface area contributed by atoms with Crippen LogP contribution in [0.5, 0.6) is 51.7 Å². The lowest BCUT2D eigenvalue weighted by Gasteiger charge is -2.31. The monoisotopic (exact) mass is 1920 g/mol. The second-order valence-corrected chi connectivity index (χ2v) is 41.9. The molecule has 3 aliphatic heterocycles. The summed E-state index contributed by atoms with van der Waals surface area (Å²) in [4.78, 5) is 128. The molecule has 4 atom stereocenters. The minimum atomic E-state index is -0.673. The summed E-state index contributed by atoms with van der Waals surface area (Å²) in [6, 6.07) is 47.0. The Kier molecular flexibility index (Phi) is 26.7. The molecule has 24 heteroatoms. The third kappa shape index (κ3) is 17.0. The molecule has 0 fully saturated rings. The standard InChI is InChI=1S/C113H109N3O16S5/c1-14-22-26-63(18-5)56-126-96-78-52-84(133-100(78)98(128-58-65(20-7)28-24-16-3)80-54-86(112(123)125-13)135-102(80)96)104-94-95(111(122)114(12)110(94)121)105(137-104)85-53-79-97(127-57-64(19-6)27-23-15-2)103-81(99(101(79)134-85)129-59-66(21-8)29-25-17-4)55-87(136-103)113(124)132-71-44-38-68(39-45-71)116-107(118)75-49-47-73-90-82(130-69-40-32-61(10)33-41-69)50-76-88-74(106(117)115(108(76)119)67-36-30-60(9)31-37-67)48-46-72(92(88)90)91-83(131-70-42-34-62(11)35-43-70)51-77(109(116)120)89(75)93(73)91/h30-55,63-66H,14-29,56-59H2,1-13H3. The molecule has 0 saturated carbocycles. The zero-order valence-electron chi connectivity index (χ0n) is 79.4. The normalized spacial score (nSPS) is 14.2. The Hall–Kier alpha value is -12.6. The number of thiophene rings is 5. The van der Waals surface area contributed by atoms with E-state index < -0.39 is 47.4 Å². The van der Waals surface area contributed by atoms with Crippen LogP contribution in [0.3, 0.4) is 0 Å². The minimum Gasteiger partial charge on any atom is -0.491 e. The molecule has 6 amide bonds. The van der Waals surface area contributed by atoms with Crippen molar-refractivity contribution in [2.45, 2.75) is 179 Å². The highest BCUT2D eigenvalue weighted by Gasteiger charge is 2.45. The number of rotatable bonds is 39. The van der Waals surface area contributed by atoms with Gasteiger partial charge < -0.3 is 37.9 Å². The van der Waals surface area contributed by atoms with Crippen LogP contribution in [-0.2, 0) is 4.74 Å².